The number of hydrogen-bond donors (Lipinski definition) is 4. The summed E-state index contributed by atoms with van der Waals surface area (Å²) in [4.78, 5) is 64.9. The lowest BCUT2D eigenvalue weighted by Crippen LogP contribution is -2.56. The van der Waals surface area contributed by atoms with Crippen molar-refractivity contribution in [2.75, 3.05) is 19.6 Å². The fourth-order valence-corrected chi connectivity index (χ4v) is 6.43. The van der Waals surface area contributed by atoms with Gasteiger partial charge in [-0.25, -0.2) is 13.2 Å². The Morgan fingerprint density at radius 2 is 1.71 bits per heavy atom. The van der Waals surface area contributed by atoms with Gasteiger partial charge in [-0.05, 0) is 56.3 Å². The number of alkyl carbamates (subject to hydrolysis) is 1. The van der Waals surface area contributed by atoms with Crippen molar-refractivity contribution in [1.29, 1.82) is 0 Å². The minimum absolute atomic E-state index is 0.0102. The van der Waals surface area contributed by atoms with Crippen LogP contribution in [0, 0.1) is 23.2 Å². The van der Waals surface area contributed by atoms with E-state index in [1.54, 1.807) is 13.8 Å². The monoisotopic (exact) mass is 615 g/mol. The zero-order valence-electron chi connectivity index (χ0n) is 24.6. The van der Waals surface area contributed by atoms with Gasteiger partial charge in [0, 0.05) is 31.5 Å². The molecule has 2 heterocycles. The first-order valence-corrected chi connectivity index (χ1v) is 16.0. The number of Topliss-reactive ketones (excluding diaryl/α,β-unsaturated/α-hetero) is 1. The summed E-state index contributed by atoms with van der Waals surface area (Å²) in [5, 5.41) is 17.2. The molecule has 1 spiro atoms. The molecule has 2 aliphatic heterocycles. The van der Waals surface area contributed by atoms with Crippen LogP contribution in [0.15, 0.2) is 0 Å². The lowest BCUT2D eigenvalue weighted by Gasteiger charge is -2.51. The van der Waals surface area contributed by atoms with Gasteiger partial charge in [0.1, 0.15) is 22.3 Å². The van der Waals surface area contributed by atoms with Crippen LogP contribution in [0.3, 0.4) is 0 Å². The second kappa shape index (κ2) is 13.7. The topological polar surface area (TPSA) is 211 Å². The lowest BCUT2D eigenvalue weighted by molar-refractivity contribution is -0.140. The third kappa shape index (κ3) is 8.63. The first kappa shape index (κ1) is 33.7. The molecule has 0 aromatic carbocycles. The molecular weight excluding hydrogens is 572 g/mol. The van der Waals surface area contributed by atoms with Crippen LogP contribution in [0.4, 0.5) is 4.79 Å². The van der Waals surface area contributed by atoms with Gasteiger partial charge in [-0.1, -0.05) is 27.7 Å². The van der Waals surface area contributed by atoms with Gasteiger partial charge in [0.15, 0.2) is 5.78 Å². The highest BCUT2D eigenvalue weighted by molar-refractivity contribution is 7.87. The molecule has 3 aliphatic rings. The molecule has 0 radical (unpaired) electrons. The van der Waals surface area contributed by atoms with Crippen molar-refractivity contribution in [1.82, 2.24) is 20.9 Å². The van der Waals surface area contributed by atoms with Crippen molar-refractivity contribution < 1.29 is 46.8 Å². The number of aliphatic hydroxyl groups is 1. The second-order valence-electron chi connectivity index (χ2n) is 12.6. The van der Waals surface area contributed by atoms with E-state index in [1.165, 1.54) is 0 Å². The number of ketones is 1. The SMILES string of the molecule is CC(C)C[C@H](NC(=O)OC1CC2(CCN(C(=O)C(C)C)CC2)C1)C(=O)N[C@@H](C[C@H]1CCNC1=O)C(=O)C(O)S(=O)(=O)[O-]. The number of rotatable bonds is 12. The molecule has 1 unspecified atom stereocenters. The number of nitrogens with zero attached hydrogens (tertiary/aromatic N) is 1. The lowest BCUT2D eigenvalue weighted by atomic mass is 9.61. The Labute approximate surface area is 246 Å². The smallest absolute Gasteiger partial charge is 0.408 e. The van der Waals surface area contributed by atoms with E-state index >= 15 is 0 Å². The van der Waals surface area contributed by atoms with Crippen LogP contribution in [-0.4, -0.2) is 95.8 Å². The summed E-state index contributed by atoms with van der Waals surface area (Å²) in [6.07, 6.45) is 1.88. The summed E-state index contributed by atoms with van der Waals surface area (Å²) in [6.45, 7) is 9.00. The molecule has 4 N–H and O–H groups in total. The summed E-state index contributed by atoms with van der Waals surface area (Å²) in [5.74, 6) is -3.47. The first-order chi connectivity index (χ1) is 19.5. The highest BCUT2D eigenvalue weighted by Gasteiger charge is 2.48. The van der Waals surface area contributed by atoms with Crippen molar-refractivity contribution in [2.45, 2.75) is 96.3 Å². The quantitative estimate of drug-likeness (QED) is 0.216. The molecule has 0 aromatic heterocycles. The molecule has 3 rings (SSSR count). The molecular formula is C27H43N4O10S-. The Hall–Kier alpha value is -2.78. The molecule has 1 aliphatic carbocycles. The third-order valence-corrected chi connectivity index (χ3v) is 9.18. The number of likely N-dealkylation sites (tertiary alicyclic amines) is 1. The minimum Gasteiger partial charge on any atom is -0.746 e. The van der Waals surface area contributed by atoms with Gasteiger partial charge in [-0.2, -0.15) is 0 Å². The Balaban J connectivity index is 1.59. The summed E-state index contributed by atoms with van der Waals surface area (Å²) in [7, 11) is -5.43. The van der Waals surface area contributed by atoms with Gasteiger partial charge in [-0.3, -0.25) is 19.2 Å². The molecule has 14 nitrogen and oxygen atoms in total. The fourth-order valence-electron chi connectivity index (χ4n) is 5.98. The van der Waals surface area contributed by atoms with Gasteiger partial charge in [0.2, 0.25) is 23.2 Å². The Morgan fingerprint density at radius 3 is 2.21 bits per heavy atom. The van der Waals surface area contributed by atoms with Crippen LogP contribution in [0.25, 0.3) is 0 Å². The van der Waals surface area contributed by atoms with Gasteiger partial charge in [0.05, 0.1) is 6.04 Å². The van der Waals surface area contributed by atoms with Crippen molar-refractivity contribution in [3.05, 3.63) is 0 Å². The Kier molecular flexibility index (Phi) is 11.0. The largest absolute Gasteiger partial charge is 0.746 e. The maximum atomic E-state index is 13.2. The summed E-state index contributed by atoms with van der Waals surface area (Å²) in [5.41, 5.74) is -2.91. The number of piperidine rings is 1. The van der Waals surface area contributed by atoms with E-state index in [-0.39, 0.29) is 42.1 Å². The van der Waals surface area contributed by atoms with Crippen LogP contribution in [0.1, 0.15) is 72.6 Å². The number of carbonyl (C=O) groups excluding carboxylic acids is 5. The molecule has 4 amide bonds. The molecule has 0 bridgehead atoms. The molecule has 0 aromatic rings. The summed E-state index contributed by atoms with van der Waals surface area (Å²) >= 11 is 0. The van der Waals surface area contributed by atoms with Gasteiger partial charge < -0.3 is 35.2 Å². The fraction of sp³-hybridized carbons (Fsp3) is 0.815. The van der Waals surface area contributed by atoms with Crippen molar-refractivity contribution in [2.24, 2.45) is 23.2 Å². The maximum absolute atomic E-state index is 13.2. The van der Waals surface area contributed by atoms with E-state index in [0.717, 1.165) is 12.8 Å². The zero-order valence-corrected chi connectivity index (χ0v) is 25.4. The maximum Gasteiger partial charge on any atom is 0.408 e. The highest BCUT2D eigenvalue weighted by atomic mass is 32.2. The number of nitrogens with one attached hydrogen (secondary N) is 3. The van der Waals surface area contributed by atoms with Crippen molar-refractivity contribution in [3.8, 4) is 0 Å². The zero-order chi connectivity index (χ0) is 31.4. The third-order valence-electron chi connectivity index (χ3n) is 8.40. The molecule has 15 heteroatoms. The number of carbonyl (C=O) groups is 5. The number of hydrogen-bond acceptors (Lipinski definition) is 10. The standard InChI is InChI=1S/C27H44N4O10S/c1-15(2)11-20(23(34)29-19(12-17-5-8-28-22(17)33)21(32)25(36)42(38,39)40)30-26(37)41-18-13-27(14-18)6-9-31(10-7-27)24(35)16(3)4/h15-20,25,36H,5-14H2,1-4H3,(H,28,33)(H,29,34)(H,30,37)(H,38,39,40)/p-1/t17-,19+,20+,25?/m1/s1. The van der Waals surface area contributed by atoms with E-state index in [1.807, 2.05) is 18.7 Å². The Morgan fingerprint density at radius 1 is 1.10 bits per heavy atom. The van der Waals surface area contributed by atoms with E-state index in [2.05, 4.69) is 16.0 Å². The molecule has 1 saturated carbocycles. The predicted octanol–water partition coefficient (Wildman–Crippen LogP) is -0.00180. The molecule has 42 heavy (non-hydrogen) atoms. The van der Waals surface area contributed by atoms with Crippen LogP contribution in [-0.2, 0) is 34.0 Å². The highest BCUT2D eigenvalue weighted by Crippen LogP contribution is 2.50. The van der Waals surface area contributed by atoms with E-state index < -0.39 is 57.2 Å². The van der Waals surface area contributed by atoms with E-state index in [0.29, 0.717) is 38.9 Å². The van der Waals surface area contributed by atoms with Crippen molar-refractivity contribution in [3.63, 3.8) is 0 Å². The number of ether oxygens (including phenoxy) is 1. The van der Waals surface area contributed by atoms with Crippen LogP contribution in [0.5, 0.6) is 0 Å². The first-order valence-electron chi connectivity index (χ1n) is 14.5. The van der Waals surface area contributed by atoms with Gasteiger partial charge in [0.25, 0.3) is 0 Å². The molecule has 238 valence electrons. The average molecular weight is 616 g/mol. The molecule has 3 fully saturated rings. The second-order valence-corrected chi connectivity index (χ2v) is 14.0. The van der Waals surface area contributed by atoms with Crippen molar-refractivity contribution >= 4 is 39.7 Å². The average Bonchev–Trinajstić information content (AvgIpc) is 3.29. The molecule has 4 atom stereocenters. The van der Waals surface area contributed by atoms with Crippen LogP contribution in [0.2, 0.25) is 0 Å². The minimum atomic E-state index is -5.43. The van der Waals surface area contributed by atoms with Gasteiger partial charge >= 0.3 is 6.09 Å². The number of aliphatic hydroxyl groups excluding tert-OH is 1. The van der Waals surface area contributed by atoms with E-state index in [4.69, 9.17) is 4.74 Å². The van der Waals surface area contributed by atoms with Gasteiger partial charge in [-0.15, -0.1) is 0 Å². The van der Waals surface area contributed by atoms with Crippen LogP contribution >= 0.6 is 0 Å². The van der Waals surface area contributed by atoms with Crippen LogP contribution < -0.4 is 16.0 Å². The normalized spacial score (nSPS) is 22.7. The Bertz CT molecular complexity index is 1140. The predicted molar refractivity (Wildman–Crippen MR) is 147 cm³/mol. The van der Waals surface area contributed by atoms with E-state index in [9.17, 15) is 42.0 Å². The molecule has 2 saturated heterocycles. The summed E-state index contributed by atoms with van der Waals surface area (Å²) in [6, 6.07) is -2.83. The number of amides is 4. The summed E-state index contributed by atoms with van der Waals surface area (Å²) < 4.78 is 39.5.